The lowest BCUT2D eigenvalue weighted by atomic mass is 10.3. The maximum Gasteiger partial charge on any atom is 0.348 e. The molecule has 0 atom stereocenters. The molecule has 0 fully saturated rings. The molecule has 1 heterocycles. The Balaban J connectivity index is 0.00000180. The summed E-state index contributed by atoms with van der Waals surface area (Å²) in [6.07, 6.45) is 3.06. The van der Waals surface area contributed by atoms with Crippen molar-refractivity contribution in [3.8, 4) is 0 Å². The number of hydrogen-bond donors (Lipinski definition) is 0. The lowest BCUT2D eigenvalue weighted by Crippen LogP contribution is -3.00. The van der Waals surface area contributed by atoms with E-state index in [0.29, 0.717) is 6.61 Å². The fourth-order valence-corrected chi connectivity index (χ4v) is 2.13. The van der Waals surface area contributed by atoms with Gasteiger partial charge in [0.1, 0.15) is 0 Å². The van der Waals surface area contributed by atoms with Crippen molar-refractivity contribution in [1.82, 2.24) is 4.57 Å². The zero-order chi connectivity index (χ0) is 13.0. The molecular formula is C14H19BrN2O2. The number of para-hydroxylation sites is 2. The average Bonchev–Trinajstić information content (AvgIpc) is 2.69. The molecule has 4 nitrogen and oxygen atoms in total. The van der Waals surface area contributed by atoms with Crippen molar-refractivity contribution in [1.29, 1.82) is 0 Å². The van der Waals surface area contributed by atoms with E-state index in [0.717, 1.165) is 24.0 Å². The Hall–Kier alpha value is -1.36. The highest BCUT2D eigenvalue weighted by molar-refractivity contribution is 5.73. The van der Waals surface area contributed by atoms with Crippen molar-refractivity contribution >= 4 is 17.0 Å². The number of rotatable bonds is 5. The summed E-state index contributed by atoms with van der Waals surface area (Å²) in [4.78, 5) is 11.6. The number of esters is 1. The molecule has 104 valence electrons. The minimum atomic E-state index is -0.193. The number of hydrogen-bond acceptors (Lipinski definition) is 2. The summed E-state index contributed by atoms with van der Waals surface area (Å²) < 4.78 is 9.12. The van der Waals surface area contributed by atoms with E-state index >= 15 is 0 Å². The molecule has 2 rings (SSSR count). The van der Waals surface area contributed by atoms with E-state index in [1.165, 1.54) is 0 Å². The van der Waals surface area contributed by atoms with Gasteiger partial charge < -0.3 is 21.7 Å². The standard InChI is InChI=1S/C14H19N2O2.BrH/c1-3-9-15-11-16(10-14(17)18-4-2)13-8-6-5-7-12(13)15;/h5-8,11H,3-4,9-10H2,1-2H3;1H/q+1;/p-1. The normalized spacial score (nSPS) is 10.2. The highest BCUT2D eigenvalue weighted by atomic mass is 79.9. The Kier molecular flexibility index (Phi) is 6.02. The van der Waals surface area contributed by atoms with Crippen LogP contribution in [0.4, 0.5) is 0 Å². The summed E-state index contributed by atoms with van der Waals surface area (Å²) in [7, 11) is 0. The molecule has 0 bridgehead atoms. The number of imidazole rings is 1. The van der Waals surface area contributed by atoms with Gasteiger partial charge in [-0.2, -0.15) is 0 Å². The smallest absolute Gasteiger partial charge is 0.348 e. The van der Waals surface area contributed by atoms with Crippen molar-refractivity contribution in [2.45, 2.75) is 33.4 Å². The number of aryl methyl sites for hydroxylation is 1. The van der Waals surface area contributed by atoms with Crippen molar-refractivity contribution in [2.24, 2.45) is 0 Å². The van der Waals surface area contributed by atoms with E-state index in [1.54, 1.807) is 0 Å². The van der Waals surface area contributed by atoms with E-state index in [1.807, 2.05) is 36.0 Å². The molecule has 0 aliphatic heterocycles. The quantitative estimate of drug-likeness (QED) is 0.517. The highest BCUT2D eigenvalue weighted by Gasteiger charge is 2.17. The van der Waals surface area contributed by atoms with Crippen LogP contribution in [0.5, 0.6) is 0 Å². The van der Waals surface area contributed by atoms with Crippen LogP contribution in [0.1, 0.15) is 20.3 Å². The van der Waals surface area contributed by atoms with Crippen molar-refractivity contribution in [3.63, 3.8) is 0 Å². The zero-order valence-corrected chi connectivity index (χ0v) is 12.9. The van der Waals surface area contributed by atoms with Gasteiger partial charge in [0, 0.05) is 0 Å². The van der Waals surface area contributed by atoms with Crippen LogP contribution in [0.3, 0.4) is 0 Å². The molecule has 0 spiro atoms. The van der Waals surface area contributed by atoms with Gasteiger partial charge in [-0.05, 0) is 25.5 Å². The zero-order valence-electron chi connectivity index (χ0n) is 11.3. The molecule has 0 saturated carbocycles. The predicted molar refractivity (Wildman–Crippen MR) is 69.1 cm³/mol. The Morgan fingerprint density at radius 2 is 2.05 bits per heavy atom. The molecule has 2 aromatic rings. The molecule has 0 N–H and O–H groups in total. The van der Waals surface area contributed by atoms with Gasteiger partial charge in [-0.25, -0.2) is 13.9 Å². The average molecular weight is 327 g/mol. The number of nitrogens with zero attached hydrogens (tertiary/aromatic N) is 2. The number of halogens is 1. The van der Waals surface area contributed by atoms with Gasteiger partial charge in [0.25, 0.3) is 0 Å². The first-order valence-electron chi connectivity index (χ1n) is 6.39. The SMILES string of the molecule is CCCn1c[n+](CC(=O)OCC)c2ccccc21.[Br-]. The van der Waals surface area contributed by atoms with Crippen LogP contribution in [-0.4, -0.2) is 17.1 Å². The molecule has 0 aliphatic rings. The number of carbonyl (C=O) groups excluding carboxylic acids is 1. The minimum absolute atomic E-state index is 0. The van der Waals surface area contributed by atoms with Gasteiger partial charge in [-0.1, -0.05) is 19.1 Å². The van der Waals surface area contributed by atoms with E-state index in [4.69, 9.17) is 4.74 Å². The molecule has 1 aromatic heterocycles. The van der Waals surface area contributed by atoms with E-state index in [2.05, 4.69) is 17.6 Å². The molecule has 1 aromatic carbocycles. The minimum Gasteiger partial charge on any atom is -1.00 e. The van der Waals surface area contributed by atoms with Crippen molar-refractivity contribution in [3.05, 3.63) is 30.6 Å². The van der Waals surface area contributed by atoms with Crippen LogP contribution in [0, 0.1) is 0 Å². The third kappa shape index (κ3) is 3.56. The molecule has 0 aliphatic carbocycles. The third-order valence-electron chi connectivity index (χ3n) is 2.85. The maximum absolute atomic E-state index is 11.6. The largest absolute Gasteiger partial charge is 1.00 e. The Bertz CT molecular complexity index is 551. The Morgan fingerprint density at radius 1 is 1.32 bits per heavy atom. The summed E-state index contributed by atoms with van der Waals surface area (Å²) in [6, 6.07) is 8.11. The summed E-state index contributed by atoms with van der Waals surface area (Å²) in [5.74, 6) is -0.193. The summed E-state index contributed by atoms with van der Waals surface area (Å²) >= 11 is 0. The third-order valence-corrected chi connectivity index (χ3v) is 2.85. The van der Waals surface area contributed by atoms with Gasteiger partial charge >= 0.3 is 5.97 Å². The maximum atomic E-state index is 11.6. The molecule has 0 unspecified atom stereocenters. The van der Waals surface area contributed by atoms with Crippen LogP contribution < -0.4 is 21.5 Å². The second-order valence-electron chi connectivity index (χ2n) is 4.23. The number of carbonyl (C=O) groups is 1. The molecular weight excluding hydrogens is 308 g/mol. The van der Waals surface area contributed by atoms with Crippen molar-refractivity contribution in [2.75, 3.05) is 6.61 Å². The van der Waals surface area contributed by atoms with Gasteiger partial charge in [0.15, 0.2) is 17.6 Å². The second kappa shape index (κ2) is 7.28. The first-order chi connectivity index (χ1) is 8.76. The van der Waals surface area contributed by atoms with Gasteiger partial charge in [0.05, 0.1) is 13.2 Å². The summed E-state index contributed by atoms with van der Waals surface area (Å²) in [5.41, 5.74) is 2.22. The summed E-state index contributed by atoms with van der Waals surface area (Å²) in [6.45, 7) is 5.61. The molecule has 5 heteroatoms. The number of aromatic nitrogens is 2. The molecule has 0 radical (unpaired) electrons. The Labute approximate surface area is 123 Å². The number of benzene rings is 1. The van der Waals surface area contributed by atoms with E-state index < -0.39 is 0 Å². The van der Waals surface area contributed by atoms with Crippen LogP contribution >= 0.6 is 0 Å². The van der Waals surface area contributed by atoms with Crippen LogP contribution in [0.15, 0.2) is 30.6 Å². The van der Waals surface area contributed by atoms with Gasteiger partial charge in [-0.3, -0.25) is 0 Å². The molecule has 0 saturated heterocycles. The molecule has 19 heavy (non-hydrogen) atoms. The number of fused-ring (bicyclic) bond motifs is 1. The van der Waals surface area contributed by atoms with E-state index in [-0.39, 0.29) is 29.5 Å². The predicted octanol–water partition coefficient (Wildman–Crippen LogP) is -1.09. The Morgan fingerprint density at radius 3 is 2.74 bits per heavy atom. The summed E-state index contributed by atoms with van der Waals surface area (Å²) in [5, 5.41) is 0. The topological polar surface area (TPSA) is 35.1 Å². The fourth-order valence-electron chi connectivity index (χ4n) is 2.13. The van der Waals surface area contributed by atoms with Crippen LogP contribution in [-0.2, 0) is 22.6 Å². The van der Waals surface area contributed by atoms with E-state index in [9.17, 15) is 4.79 Å². The second-order valence-corrected chi connectivity index (χ2v) is 4.23. The fraction of sp³-hybridized carbons (Fsp3) is 0.429. The van der Waals surface area contributed by atoms with Crippen LogP contribution in [0.25, 0.3) is 11.0 Å². The first-order valence-corrected chi connectivity index (χ1v) is 6.39. The lowest BCUT2D eigenvalue weighted by molar-refractivity contribution is -0.661. The first kappa shape index (κ1) is 15.7. The number of ether oxygens (including phenoxy) is 1. The van der Waals surface area contributed by atoms with Gasteiger partial charge in [0.2, 0.25) is 6.33 Å². The van der Waals surface area contributed by atoms with Crippen LogP contribution in [0.2, 0.25) is 0 Å². The highest BCUT2D eigenvalue weighted by Crippen LogP contribution is 2.11. The monoisotopic (exact) mass is 326 g/mol. The molecule has 0 amide bonds. The van der Waals surface area contributed by atoms with Crippen molar-refractivity contribution < 1.29 is 31.1 Å². The lowest BCUT2D eigenvalue weighted by Gasteiger charge is -1.98. The van der Waals surface area contributed by atoms with Gasteiger partial charge in [-0.15, -0.1) is 0 Å².